The Morgan fingerprint density at radius 3 is 2.29 bits per heavy atom. The highest BCUT2D eigenvalue weighted by Crippen LogP contribution is 2.37. The van der Waals surface area contributed by atoms with Gasteiger partial charge in [0.15, 0.2) is 0 Å². The minimum absolute atomic E-state index is 0.0950. The Kier molecular flexibility index (Phi) is 3.28. The van der Waals surface area contributed by atoms with Gasteiger partial charge in [0, 0.05) is 6.04 Å². The van der Waals surface area contributed by atoms with Gasteiger partial charge in [-0.25, -0.2) is 0 Å². The Morgan fingerprint density at radius 2 is 1.82 bits per heavy atom. The van der Waals surface area contributed by atoms with E-state index in [0.29, 0.717) is 5.92 Å². The van der Waals surface area contributed by atoms with Crippen molar-refractivity contribution in [3.63, 3.8) is 0 Å². The zero-order valence-corrected chi connectivity index (χ0v) is 9.20. The number of hydrogen-bond acceptors (Lipinski definition) is 2. The van der Waals surface area contributed by atoms with Crippen LogP contribution in [0, 0.1) is 5.92 Å². The molecule has 2 N–H and O–H groups in total. The molecule has 0 bridgehead atoms. The van der Waals surface area contributed by atoms with Gasteiger partial charge in [0.1, 0.15) is 5.75 Å². The molecule has 0 saturated heterocycles. The molecular formula is C12H14F3NO. The van der Waals surface area contributed by atoms with E-state index >= 15 is 0 Å². The molecule has 0 radical (unpaired) electrons. The molecule has 0 spiro atoms. The van der Waals surface area contributed by atoms with E-state index in [9.17, 15) is 13.2 Å². The average molecular weight is 245 g/mol. The highest BCUT2D eigenvalue weighted by atomic mass is 19.4. The first-order chi connectivity index (χ1) is 7.94. The maximum Gasteiger partial charge on any atom is 0.573 e. The fraction of sp³-hybridized carbons (Fsp3) is 0.500. The molecule has 2 rings (SSSR count). The number of halogens is 3. The lowest BCUT2D eigenvalue weighted by molar-refractivity contribution is -0.274. The number of rotatable bonds is 4. The summed E-state index contributed by atoms with van der Waals surface area (Å²) in [5, 5.41) is 0. The molecule has 0 amide bonds. The maximum absolute atomic E-state index is 11.9. The van der Waals surface area contributed by atoms with Crippen LogP contribution in [0.5, 0.6) is 5.75 Å². The third-order valence-corrected chi connectivity index (χ3v) is 2.83. The minimum atomic E-state index is -4.64. The number of nitrogens with two attached hydrogens (primary N) is 1. The van der Waals surface area contributed by atoms with Crippen LogP contribution in [0.3, 0.4) is 0 Å². The molecule has 94 valence electrons. The van der Waals surface area contributed by atoms with Crippen molar-refractivity contribution in [2.75, 3.05) is 0 Å². The zero-order chi connectivity index (χ0) is 12.5. The summed E-state index contributed by atoms with van der Waals surface area (Å²) in [6.45, 7) is 0. The van der Waals surface area contributed by atoms with Crippen LogP contribution in [0.2, 0.25) is 0 Å². The van der Waals surface area contributed by atoms with Crippen molar-refractivity contribution in [2.24, 2.45) is 11.7 Å². The predicted molar refractivity (Wildman–Crippen MR) is 57.4 cm³/mol. The first-order valence-corrected chi connectivity index (χ1v) is 5.55. The lowest BCUT2D eigenvalue weighted by Crippen LogP contribution is -2.17. The van der Waals surface area contributed by atoms with Gasteiger partial charge >= 0.3 is 6.36 Å². The zero-order valence-electron chi connectivity index (χ0n) is 9.20. The van der Waals surface area contributed by atoms with E-state index in [1.165, 1.54) is 25.0 Å². The van der Waals surface area contributed by atoms with Gasteiger partial charge < -0.3 is 10.5 Å². The average Bonchev–Trinajstić information content (AvgIpc) is 3.00. The second-order valence-electron chi connectivity index (χ2n) is 4.40. The Morgan fingerprint density at radius 1 is 1.24 bits per heavy atom. The highest BCUT2D eigenvalue weighted by molar-refractivity contribution is 5.29. The van der Waals surface area contributed by atoms with E-state index in [0.717, 1.165) is 12.0 Å². The van der Waals surface area contributed by atoms with E-state index in [1.54, 1.807) is 12.1 Å². The second kappa shape index (κ2) is 4.56. The van der Waals surface area contributed by atoms with Gasteiger partial charge in [-0.2, -0.15) is 0 Å². The van der Waals surface area contributed by atoms with Crippen molar-refractivity contribution < 1.29 is 17.9 Å². The van der Waals surface area contributed by atoms with E-state index < -0.39 is 6.36 Å². The lowest BCUT2D eigenvalue weighted by atomic mass is 10.0. The summed E-state index contributed by atoms with van der Waals surface area (Å²) in [5.41, 5.74) is 6.80. The largest absolute Gasteiger partial charge is 0.573 e. The van der Waals surface area contributed by atoms with Gasteiger partial charge in [-0.05, 0) is 30.0 Å². The SMILES string of the molecule is N[C@@H](CC1CC1)c1ccc(OC(F)(F)F)cc1. The van der Waals surface area contributed by atoms with E-state index in [1.807, 2.05) is 0 Å². The van der Waals surface area contributed by atoms with Gasteiger partial charge in [0.25, 0.3) is 0 Å². The first-order valence-electron chi connectivity index (χ1n) is 5.55. The number of ether oxygens (including phenoxy) is 1. The molecule has 2 nitrogen and oxygen atoms in total. The molecule has 5 heteroatoms. The van der Waals surface area contributed by atoms with Crippen molar-refractivity contribution >= 4 is 0 Å². The molecule has 1 fully saturated rings. The van der Waals surface area contributed by atoms with Crippen LogP contribution in [0.25, 0.3) is 0 Å². The summed E-state index contributed by atoms with van der Waals surface area (Å²) in [4.78, 5) is 0. The maximum atomic E-state index is 11.9. The van der Waals surface area contributed by atoms with Crippen molar-refractivity contribution in [1.29, 1.82) is 0 Å². The van der Waals surface area contributed by atoms with Crippen molar-refractivity contribution in [2.45, 2.75) is 31.7 Å². The molecule has 0 aromatic heterocycles. The summed E-state index contributed by atoms with van der Waals surface area (Å²) in [6.07, 6.45) is -1.32. The fourth-order valence-electron chi connectivity index (χ4n) is 1.77. The number of benzene rings is 1. The first kappa shape index (κ1) is 12.2. The Labute approximate surface area is 97.6 Å². The van der Waals surface area contributed by atoms with Crippen LogP contribution in [0.4, 0.5) is 13.2 Å². The lowest BCUT2D eigenvalue weighted by Gasteiger charge is -2.13. The van der Waals surface area contributed by atoms with Crippen LogP contribution in [0.15, 0.2) is 24.3 Å². The molecular weight excluding hydrogens is 231 g/mol. The van der Waals surface area contributed by atoms with Crippen molar-refractivity contribution in [3.05, 3.63) is 29.8 Å². The Bertz CT molecular complexity index is 370. The van der Waals surface area contributed by atoms with E-state index in [4.69, 9.17) is 5.73 Å². The molecule has 1 atom stereocenters. The van der Waals surface area contributed by atoms with Gasteiger partial charge in [-0.3, -0.25) is 0 Å². The highest BCUT2D eigenvalue weighted by Gasteiger charge is 2.31. The van der Waals surface area contributed by atoms with E-state index in [2.05, 4.69) is 4.74 Å². The van der Waals surface area contributed by atoms with Crippen molar-refractivity contribution in [3.8, 4) is 5.75 Å². The van der Waals surface area contributed by atoms with Crippen LogP contribution >= 0.6 is 0 Å². The molecule has 1 aromatic rings. The summed E-state index contributed by atoms with van der Waals surface area (Å²) in [7, 11) is 0. The third kappa shape index (κ3) is 3.93. The monoisotopic (exact) mass is 245 g/mol. The quantitative estimate of drug-likeness (QED) is 0.882. The Hall–Kier alpha value is -1.23. The second-order valence-corrected chi connectivity index (χ2v) is 4.40. The standard InChI is InChI=1S/C12H14F3NO/c13-12(14,15)17-10-5-3-9(4-6-10)11(16)7-8-1-2-8/h3-6,8,11H,1-2,7,16H2/t11-/m0/s1. The fourth-order valence-corrected chi connectivity index (χ4v) is 1.77. The van der Waals surface area contributed by atoms with Crippen LogP contribution in [-0.2, 0) is 0 Å². The smallest absolute Gasteiger partial charge is 0.406 e. The van der Waals surface area contributed by atoms with Gasteiger partial charge in [0.2, 0.25) is 0 Å². The molecule has 1 saturated carbocycles. The normalized spacial score (nSPS) is 17.9. The van der Waals surface area contributed by atoms with Gasteiger partial charge in [-0.1, -0.05) is 25.0 Å². The minimum Gasteiger partial charge on any atom is -0.406 e. The van der Waals surface area contributed by atoms with Crippen molar-refractivity contribution in [1.82, 2.24) is 0 Å². The molecule has 17 heavy (non-hydrogen) atoms. The Balaban J connectivity index is 1.96. The summed E-state index contributed by atoms with van der Waals surface area (Å²) in [6, 6.07) is 5.69. The molecule has 0 heterocycles. The summed E-state index contributed by atoms with van der Waals surface area (Å²) < 4.78 is 39.6. The van der Waals surface area contributed by atoms with Gasteiger partial charge in [-0.15, -0.1) is 13.2 Å². The van der Waals surface area contributed by atoms with Crippen LogP contribution in [-0.4, -0.2) is 6.36 Å². The van der Waals surface area contributed by atoms with Crippen LogP contribution in [0.1, 0.15) is 30.9 Å². The molecule has 1 aliphatic carbocycles. The molecule has 1 aliphatic rings. The topological polar surface area (TPSA) is 35.2 Å². The van der Waals surface area contributed by atoms with Gasteiger partial charge in [0.05, 0.1) is 0 Å². The number of alkyl halides is 3. The third-order valence-electron chi connectivity index (χ3n) is 2.83. The van der Waals surface area contributed by atoms with E-state index in [-0.39, 0.29) is 11.8 Å². The summed E-state index contributed by atoms with van der Waals surface area (Å²) in [5.74, 6) is 0.482. The molecule has 1 aromatic carbocycles. The van der Waals surface area contributed by atoms with Crippen LogP contribution < -0.4 is 10.5 Å². The number of hydrogen-bond donors (Lipinski definition) is 1. The molecule has 0 unspecified atom stereocenters. The molecule has 0 aliphatic heterocycles. The summed E-state index contributed by atoms with van der Waals surface area (Å²) >= 11 is 0. The predicted octanol–water partition coefficient (Wildman–Crippen LogP) is 3.39.